The molecular weight excluding hydrogens is 313 g/mol. The van der Waals surface area contributed by atoms with E-state index in [1.807, 2.05) is 31.2 Å². The third-order valence-corrected chi connectivity index (χ3v) is 2.72. The molecule has 0 aliphatic carbocycles. The second kappa shape index (κ2) is 5.77. The van der Waals surface area contributed by atoms with E-state index in [0.29, 0.717) is 6.42 Å². The Labute approximate surface area is 111 Å². The van der Waals surface area contributed by atoms with Crippen LogP contribution in [0.5, 0.6) is 0 Å². The number of ketones is 1. The maximum absolute atomic E-state index is 11.7. The maximum Gasteiger partial charge on any atom is 0.162 e. The highest BCUT2D eigenvalue weighted by Crippen LogP contribution is 2.16. The van der Waals surface area contributed by atoms with E-state index in [4.69, 9.17) is 0 Å². The van der Waals surface area contributed by atoms with Crippen molar-refractivity contribution in [3.8, 4) is 0 Å². The number of carbonyl (C=O) groups is 1. The summed E-state index contributed by atoms with van der Waals surface area (Å²) in [6, 6.07) is 7.81. The Morgan fingerprint density at radius 2 is 2.00 bits per heavy atom. The van der Waals surface area contributed by atoms with Gasteiger partial charge in [-0.15, -0.1) is 0 Å². The maximum atomic E-state index is 11.7. The van der Waals surface area contributed by atoms with Gasteiger partial charge in [0.05, 0.1) is 3.55 Å². The van der Waals surface area contributed by atoms with E-state index in [2.05, 4.69) is 41.8 Å². The summed E-state index contributed by atoms with van der Waals surface area (Å²) in [4.78, 5) is 11.7. The second-order valence-corrected chi connectivity index (χ2v) is 6.96. The first-order chi connectivity index (χ1) is 7.44. The highest BCUT2D eigenvalue weighted by Gasteiger charge is 2.13. The molecule has 0 heterocycles. The lowest BCUT2D eigenvalue weighted by Crippen LogP contribution is -2.32. The minimum absolute atomic E-state index is 0.0418. The summed E-state index contributed by atoms with van der Waals surface area (Å²) in [7, 11) is 0. The minimum Gasteiger partial charge on any atom is -0.299 e. The van der Waals surface area contributed by atoms with Gasteiger partial charge in [0.1, 0.15) is 0 Å². The third kappa shape index (κ3) is 4.22. The van der Waals surface area contributed by atoms with Crippen molar-refractivity contribution in [3.05, 3.63) is 35.4 Å². The van der Waals surface area contributed by atoms with Crippen LogP contribution < -0.4 is 5.32 Å². The number of Topliss-reactive ketones (excluding diaryl/α,β-unsaturated/α-hetero) is 1. The first-order valence-corrected chi connectivity index (χ1v) is 6.57. The van der Waals surface area contributed by atoms with E-state index < -0.39 is 0 Å². The van der Waals surface area contributed by atoms with Crippen LogP contribution in [0.2, 0.25) is 0 Å². The number of halogens is 1. The molecule has 1 rings (SSSR count). The van der Waals surface area contributed by atoms with Crippen LogP contribution in [0.1, 0.15) is 43.1 Å². The molecule has 0 bridgehead atoms. The zero-order valence-corrected chi connectivity index (χ0v) is 12.2. The summed E-state index contributed by atoms with van der Waals surface area (Å²) < 4.78 is 0.0418. The van der Waals surface area contributed by atoms with Crippen molar-refractivity contribution in [3.63, 3.8) is 0 Å². The van der Waals surface area contributed by atoms with Crippen molar-refractivity contribution in [1.82, 2.24) is 5.32 Å². The Balaban J connectivity index is 2.83. The van der Waals surface area contributed by atoms with E-state index in [1.165, 1.54) is 0 Å². The fourth-order valence-electron chi connectivity index (χ4n) is 1.44. The SMILES string of the molecule is CCC(=O)c1ccccc1CNC(C)(C)I. The predicted octanol–water partition coefficient (Wildman–Crippen LogP) is 3.54. The molecule has 0 unspecified atom stereocenters. The molecule has 0 saturated carbocycles. The van der Waals surface area contributed by atoms with Crippen molar-refractivity contribution < 1.29 is 4.79 Å². The summed E-state index contributed by atoms with van der Waals surface area (Å²) in [6.07, 6.45) is 0.560. The molecule has 0 aliphatic rings. The van der Waals surface area contributed by atoms with Crippen LogP contribution in [0.25, 0.3) is 0 Å². The van der Waals surface area contributed by atoms with Crippen LogP contribution in [0.4, 0.5) is 0 Å². The minimum atomic E-state index is 0.0418. The first-order valence-electron chi connectivity index (χ1n) is 5.49. The van der Waals surface area contributed by atoms with E-state index >= 15 is 0 Å². The molecule has 0 radical (unpaired) electrons. The second-order valence-electron chi connectivity index (χ2n) is 4.26. The van der Waals surface area contributed by atoms with Gasteiger partial charge in [-0.3, -0.25) is 10.1 Å². The van der Waals surface area contributed by atoms with Gasteiger partial charge >= 0.3 is 0 Å². The molecule has 0 aliphatic heterocycles. The van der Waals surface area contributed by atoms with Crippen LogP contribution in [0.3, 0.4) is 0 Å². The van der Waals surface area contributed by atoms with Gasteiger partial charge in [0.25, 0.3) is 0 Å². The zero-order valence-electron chi connectivity index (χ0n) is 10.0. The highest BCUT2D eigenvalue weighted by molar-refractivity contribution is 14.1. The van der Waals surface area contributed by atoms with Gasteiger partial charge in [0, 0.05) is 18.5 Å². The average molecular weight is 331 g/mol. The van der Waals surface area contributed by atoms with E-state index in [9.17, 15) is 4.79 Å². The highest BCUT2D eigenvalue weighted by atomic mass is 127. The number of hydrogen-bond donors (Lipinski definition) is 1. The topological polar surface area (TPSA) is 29.1 Å². The number of rotatable bonds is 5. The van der Waals surface area contributed by atoms with Crippen molar-refractivity contribution in [1.29, 1.82) is 0 Å². The number of hydrogen-bond acceptors (Lipinski definition) is 2. The predicted molar refractivity (Wildman–Crippen MR) is 76.0 cm³/mol. The Kier molecular flexibility index (Phi) is 4.92. The van der Waals surface area contributed by atoms with Gasteiger partial charge in [-0.2, -0.15) is 0 Å². The summed E-state index contributed by atoms with van der Waals surface area (Å²) in [5, 5.41) is 3.39. The van der Waals surface area contributed by atoms with Crippen LogP contribution in [-0.4, -0.2) is 9.33 Å². The molecule has 2 nitrogen and oxygen atoms in total. The molecule has 16 heavy (non-hydrogen) atoms. The van der Waals surface area contributed by atoms with Gasteiger partial charge in [-0.25, -0.2) is 0 Å². The molecule has 88 valence electrons. The van der Waals surface area contributed by atoms with E-state index in [1.54, 1.807) is 0 Å². The fourth-order valence-corrected chi connectivity index (χ4v) is 1.63. The van der Waals surface area contributed by atoms with Gasteiger partial charge in [-0.05, 0) is 19.4 Å². The molecule has 0 aromatic heterocycles. The lowest BCUT2D eigenvalue weighted by Gasteiger charge is -2.19. The van der Waals surface area contributed by atoms with Gasteiger partial charge in [0.2, 0.25) is 0 Å². The standard InChI is InChI=1S/C13H18INO/c1-4-12(16)11-8-6-5-7-10(11)9-15-13(2,3)14/h5-8,15H,4,9H2,1-3H3. The number of alkyl halides is 1. The Morgan fingerprint density at radius 1 is 1.38 bits per heavy atom. The van der Waals surface area contributed by atoms with Gasteiger partial charge < -0.3 is 0 Å². The van der Waals surface area contributed by atoms with Crippen LogP contribution >= 0.6 is 22.6 Å². The monoisotopic (exact) mass is 331 g/mol. The molecule has 1 aromatic rings. The summed E-state index contributed by atoms with van der Waals surface area (Å²) in [5.74, 6) is 0.212. The molecule has 0 spiro atoms. The lowest BCUT2D eigenvalue weighted by atomic mass is 10.0. The van der Waals surface area contributed by atoms with Crippen molar-refractivity contribution in [2.75, 3.05) is 0 Å². The van der Waals surface area contributed by atoms with E-state index in [0.717, 1.165) is 17.7 Å². The summed E-state index contributed by atoms with van der Waals surface area (Å²) >= 11 is 2.35. The molecular formula is C13H18INO. The Bertz CT molecular complexity index is 368. The first kappa shape index (κ1) is 13.6. The summed E-state index contributed by atoms with van der Waals surface area (Å²) in [6.45, 7) is 6.85. The van der Waals surface area contributed by atoms with Crippen molar-refractivity contribution in [2.24, 2.45) is 0 Å². The Hall–Kier alpha value is -0.420. The average Bonchev–Trinajstić information content (AvgIpc) is 2.25. The normalized spacial score (nSPS) is 11.5. The largest absolute Gasteiger partial charge is 0.299 e. The van der Waals surface area contributed by atoms with Gasteiger partial charge in [-0.1, -0.05) is 53.8 Å². The molecule has 0 atom stereocenters. The molecule has 3 heteroatoms. The van der Waals surface area contributed by atoms with Crippen LogP contribution in [0.15, 0.2) is 24.3 Å². The molecule has 0 fully saturated rings. The third-order valence-electron chi connectivity index (χ3n) is 2.34. The number of carbonyl (C=O) groups excluding carboxylic acids is 1. The number of benzene rings is 1. The quantitative estimate of drug-likeness (QED) is 0.387. The fraction of sp³-hybridized carbons (Fsp3) is 0.462. The zero-order chi connectivity index (χ0) is 12.2. The summed E-state index contributed by atoms with van der Waals surface area (Å²) in [5.41, 5.74) is 1.93. The van der Waals surface area contributed by atoms with E-state index in [-0.39, 0.29) is 9.33 Å². The van der Waals surface area contributed by atoms with Gasteiger partial charge in [0.15, 0.2) is 5.78 Å². The molecule has 1 aromatic carbocycles. The van der Waals surface area contributed by atoms with Crippen LogP contribution in [-0.2, 0) is 6.54 Å². The number of nitrogens with one attached hydrogen (secondary N) is 1. The Morgan fingerprint density at radius 3 is 2.56 bits per heavy atom. The van der Waals surface area contributed by atoms with Crippen LogP contribution in [0, 0.1) is 0 Å². The van der Waals surface area contributed by atoms with Crippen molar-refractivity contribution >= 4 is 28.4 Å². The van der Waals surface area contributed by atoms with Crippen molar-refractivity contribution in [2.45, 2.75) is 37.3 Å². The molecule has 1 N–H and O–H groups in total. The lowest BCUT2D eigenvalue weighted by molar-refractivity contribution is 0.0987. The molecule has 0 amide bonds. The molecule has 0 saturated heterocycles. The smallest absolute Gasteiger partial charge is 0.162 e.